The van der Waals surface area contributed by atoms with Crippen LogP contribution in [0.1, 0.15) is 36.6 Å². The highest BCUT2D eigenvalue weighted by Crippen LogP contribution is 2.31. The minimum atomic E-state index is 0.0414. The number of carbonyl (C=O) groups is 1. The SMILES string of the molecule is Cc1cc(C(N)C(C)C)cc2c1NC(=O)C2. The number of nitrogens with two attached hydrogens (primary N) is 1. The van der Waals surface area contributed by atoms with Gasteiger partial charge in [0.1, 0.15) is 0 Å². The summed E-state index contributed by atoms with van der Waals surface area (Å²) in [5.74, 6) is 0.482. The zero-order chi connectivity index (χ0) is 11.9. The highest BCUT2D eigenvalue weighted by Gasteiger charge is 2.22. The predicted molar refractivity (Wildman–Crippen MR) is 65.3 cm³/mol. The van der Waals surface area contributed by atoms with Crippen molar-refractivity contribution in [2.45, 2.75) is 33.2 Å². The van der Waals surface area contributed by atoms with E-state index >= 15 is 0 Å². The molecule has 1 aliphatic rings. The maximum atomic E-state index is 11.3. The van der Waals surface area contributed by atoms with Crippen LogP contribution >= 0.6 is 0 Å². The van der Waals surface area contributed by atoms with Gasteiger partial charge in [0.2, 0.25) is 5.91 Å². The number of anilines is 1. The standard InChI is InChI=1S/C13H18N2O/c1-7(2)12(14)9-4-8(3)13-10(5-9)6-11(16)15-13/h4-5,7,12H,6,14H2,1-3H3,(H,15,16). The van der Waals surface area contributed by atoms with Crippen molar-refractivity contribution in [1.29, 1.82) is 0 Å². The van der Waals surface area contributed by atoms with E-state index in [-0.39, 0.29) is 11.9 Å². The fraction of sp³-hybridized carbons (Fsp3) is 0.462. The Balaban J connectivity index is 2.42. The van der Waals surface area contributed by atoms with Crippen molar-refractivity contribution in [3.8, 4) is 0 Å². The average Bonchev–Trinajstić information content (AvgIpc) is 2.57. The fourth-order valence-electron chi connectivity index (χ4n) is 2.14. The van der Waals surface area contributed by atoms with Gasteiger partial charge in [0, 0.05) is 11.7 Å². The van der Waals surface area contributed by atoms with Crippen LogP contribution in [0.5, 0.6) is 0 Å². The van der Waals surface area contributed by atoms with E-state index in [1.165, 1.54) is 0 Å². The normalized spacial score (nSPS) is 16.2. The molecule has 1 aromatic rings. The van der Waals surface area contributed by atoms with Crippen molar-refractivity contribution < 1.29 is 4.79 Å². The van der Waals surface area contributed by atoms with Gasteiger partial charge in [-0.3, -0.25) is 4.79 Å². The van der Waals surface area contributed by atoms with Crippen molar-refractivity contribution >= 4 is 11.6 Å². The molecule has 0 bridgehead atoms. The first-order chi connectivity index (χ1) is 7.49. The van der Waals surface area contributed by atoms with Crippen LogP contribution in [0, 0.1) is 12.8 Å². The summed E-state index contributed by atoms with van der Waals surface area (Å²) >= 11 is 0. The average molecular weight is 218 g/mol. The third-order valence-corrected chi connectivity index (χ3v) is 3.16. The van der Waals surface area contributed by atoms with Gasteiger partial charge in [0.25, 0.3) is 0 Å². The molecule has 0 fully saturated rings. The number of nitrogens with one attached hydrogen (secondary N) is 1. The number of carbonyl (C=O) groups excluding carboxylic acids is 1. The first kappa shape index (κ1) is 11.1. The van der Waals surface area contributed by atoms with E-state index in [0.29, 0.717) is 12.3 Å². The van der Waals surface area contributed by atoms with Crippen molar-refractivity contribution in [2.24, 2.45) is 11.7 Å². The Morgan fingerprint density at radius 3 is 2.69 bits per heavy atom. The lowest BCUT2D eigenvalue weighted by Gasteiger charge is -2.18. The minimum Gasteiger partial charge on any atom is -0.325 e. The number of benzene rings is 1. The Hall–Kier alpha value is -1.35. The molecule has 1 atom stereocenters. The zero-order valence-electron chi connectivity index (χ0n) is 10.0. The number of rotatable bonds is 2. The quantitative estimate of drug-likeness (QED) is 0.799. The fourth-order valence-corrected chi connectivity index (χ4v) is 2.14. The molecule has 2 rings (SSSR count). The summed E-state index contributed by atoms with van der Waals surface area (Å²) in [7, 11) is 0. The van der Waals surface area contributed by atoms with Gasteiger partial charge in [-0.05, 0) is 29.5 Å². The van der Waals surface area contributed by atoms with Crippen LogP contribution in [-0.4, -0.2) is 5.91 Å². The second-order valence-electron chi connectivity index (χ2n) is 4.87. The van der Waals surface area contributed by atoms with Crippen LogP contribution in [0.25, 0.3) is 0 Å². The van der Waals surface area contributed by atoms with Crippen molar-refractivity contribution in [3.63, 3.8) is 0 Å². The Morgan fingerprint density at radius 2 is 2.06 bits per heavy atom. The maximum absolute atomic E-state index is 11.3. The molecule has 1 aliphatic heterocycles. The molecule has 0 aliphatic carbocycles. The van der Waals surface area contributed by atoms with Gasteiger partial charge in [-0.1, -0.05) is 26.0 Å². The van der Waals surface area contributed by atoms with E-state index < -0.39 is 0 Å². The van der Waals surface area contributed by atoms with Crippen LogP contribution in [0.3, 0.4) is 0 Å². The summed E-state index contributed by atoms with van der Waals surface area (Å²) in [6, 6.07) is 4.18. The molecule has 1 aromatic carbocycles. The molecule has 3 heteroatoms. The molecule has 0 saturated heterocycles. The summed E-state index contributed by atoms with van der Waals surface area (Å²) < 4.78 is 0. The Bertz CT molecular complexity index is 438. The number of hydrogen-bond acceptors (Lipinski definition) is 2. The van der Waals surface area contributed by atoms with Gasteiger partial charge < -0.3 is 11.1 Å². The van der Waals surface area contributed by atoms with Crippen molar-refractivity contribution in [1.82, 2.24) is 0 Å². The predicted octanol–water partition coefficient (Wildman–Crippen LogP) is 2.15. The van der Waals surface area contributed by atoms with Gasteiger partial charge in [0.15, 0.2) is 0 Å². The molecule has 3 N–H and O–H groups in total. The summed E-state index contributed by atoms with van der Waals surface area (Å²) in [5.41, 5.74) is 10.4. The topological polar surface area (TPSA) is 55.1 Å². The molecule has 0 aromatic heterocycles. The Labute approximate surface area is 96.0 Å². The molecule has 1 unspecified atom stereocenters. The highest BCUT2D eigenvalue weighted by molar-refractivity contribution is 6.00. The minimum absolute atomic E-state index is 0.0414. The van der Waals surface area contributed by atoms with Crippen molar-refractivity contribution in [2.75, 3.05) is 5.32 Å². The second kappa shape index (κ2) is 3.91. The van der Waals surface area contributed by atoms with Crippen LogP contribution in [0.4, 0.5) is 5.69 Å². The smallest absolute Gasteiger partial charge is 0.228 e. The Kier molecular flexibility index (Phi) is 2.72. The summed E-state index contributed by atoms with van der Waals surface area (Å²) in [5, 5.41) is 2.88. The van der Waals surface area contributed by atoms with Crippen molar-refractivity contribution in [3.05, 3.63) is 28.8 Å². The molecule has 86 valence electrons. The van der Waals surface area contributed by atoms with E-state index in [0.717, 1.165) is 22.4 Å². The van der Waals surface area contributed by atoms with E-state index in [2.05, 4.69) is 31.3 Å². The Morgan fingerprint density at radius 1 is 1.38 bits per heavy atom. The molecule has 16 heavy (non-hydrogen) atoms. The molecular formula is C13H18N2O. The van der Waals surface area contributed by atoms with E-state index in [4.69, 9.17) is 5.73 Å². The van der Waals surface area contributed by atoms with Gasteiger partial charge in [0.05, 0.1) is 6.42 Å². The molecule has 3 nitrogen and oxygen atoms in total. The third-order valence-electron chi connectivity index (χ3n) is 3.16. The van der Waals surface area contributed by atoms with Crippen LogP contribution < -0.4 is 11.1 Å². The van der Waals surface area contributed by atoms with Gasteiger partial charge in [-0.15, -0.1) is 0 Å². The summed E-state index contributed by atoms with van der Waals surface area (Å²) in [6.45, 7) is 6.23. The van der Waals surface area contributed by atoms with E-state index in [1.807, 2.05) is 6.92 Å². The van der Waals surface area contributed by atoms with Gasteiger partial charge in [-0.25, -0.2) is 0 Å². The summed E-state index contributed by atoms with van der Waals surface area (Å²) in [6.07, 6.45) is 0.481. The van der Waals surface area contributed by atoms with Crippen LogP contribution in [0.15, 0.2) is 12.1 Å². The number of amides is 1. The molecular weight excluding hydrogens is 200 g/mol. The largest absolute Gasteiger partial charge is 0.325 e. The molecule has 1 heterocycles. The molecule has 0 radical (unpaired) electrons. The van der Waals surface area contributed by atoms with Crippen LogP contribution in [-0.2, 0) is 11.2 Å². The number of aryl methyl sites for hydroxylation is 1. The third kappa shape index (κ3) is 1.83. The lowest BCUT2D eigenvalue weighted by Crippen LogP contribution is -2.17. The molecule has 1 amide bonds. The zero-order valence-corrected chi connectivity index (χ0v) is 10.0. The van der Waals surface area contributed by atoms with E-state index in [1.54, 1.807) is 0 Å². The molecule has 0 saturated carbocycles. The highest BCUT2D eigenvalue weighted by atomic mass is 16.1. The van der Waals surface area contributed by atoms with Gasteiger partial charge >= 0.3 is 0 Å². The lowest BCUT2D eigenvalue weighted by atomic mass is 9.93. The lowest BCUT2D eigenvalue weighted by molar-refractivity contribution is -0.115. The maximum Gasteiger partial charge on any atom is 0.228 e. The summed E-state index contributed by atoms with van der Waals surface area (Å²) in [4.78, 5) is 11.3. The van der Waals surface area contributed by atoms with Gasteiger partial charge in [-0.2, -0.15) is 0 Å². The monoisotopic (exact) mass is 218 g/mol. The van der Waals surface area contributed by atoms with E-state index in [9.17, 15) is 4.79 Å². The van der Waals surface area contributed by atoms with Crippen LogP contribution in [0.2, 0.25) is 0 Å². The number of fused-ring (bicyclic) bond motifs is 1. The number of hydrogen-bond donors (Lipinski definition) is 2. The first-order valence-electron chi connectivity index (χ1n) is 5.68. The second-order valence-corrected chi connectivity index (χ2v) is 4.87. The molecule has 0 spiro atoms. The first-order valence-corrected chi connectivity index (χ1v) is 5.68.